The molecule has 3 rings (SSSR count). The van der Waals surface area contributed by atoms with Crippen molar-refractivity contribution >= 4 is 53.4 Å². The van der Waals surface area contributed by atoms with Gasteiger partial charge in [0.15, 0.2) is 0 Å². The van der Waals surface area contributed by atoms with Crippen LogP contribution in [0.2, 0.25) is 0 Å². The first-order valence-electron chi connectivity index (χ1n) is 7.72. The van der Waals surface area contributed by atoms with Crippen LogP contribution in [0.4, 0.5) is 11.4 Å². The first-order chi connectivity index (χ1) is 11.0. The maximum atomic E-state index is 13.0. The molecule has 25 heavy (non-hydrogen) atoms. The first-order valence-corrected chi connectivity index (χ1v) is 8.54. The van der Waals surface area contributed by atoms with Gasteiger partial charge in [0, 0.05) is 25.0 Å². The van der Waals surface area contributed by atoms with Crippen molar-refractivity contribution in [1.29, 1.82) is 0 Å². The monoisotopic (exact) mass is 403 g/mol. The number of carbonyl (C=O) groups is 1. The van der Waals surface area contributed by atoms with Crippen molar-refractivity contribution in [1.82, 2.24) is 4.98 Å². The van der Waals surface area contributed by atoms with Crippen LogP contribution >= 0.6 is 36.2 Å². The van der Waals surface area contributed by atoms with E-state index < -0.39 is 0 Å². The predicted octanol–water partition coefficient (Wildman–Crippen LogP) is 4.18. The summed E-state index contributed by atoms with van der Waals surface area (Å²) in [5, 5.41) is 0.832. The summed E-state index contributed by atoms with van der Waals surface area (Å²) in [6.07, 6.45) is 1.73. The van der Waals surface area contributed by atoms with Gasteiger partial charge >= 0.3 is 0 Å². The van der Waals surface area contributed by atoms with Gasteiger partial charge < -0.3 is 15.4 Å². The van der Waals surface area contributed by atoms with Gasteiger partial charge in [-0.3, -0.25) is 4.79 Å². The third-order valence-corrected chi connectivity index (χ3v) is 5.55. The van der Waals surface area contributed by atoms with Gasteiger partial charge in [0.25, 0.3) is 5.91 Å². The smallest absolute Gasteiger partial charge is 0.270 e. The molecule has 138 valence electrons. The van der Waals surface area contributed by atoms with E-state index in [1.807, 2.05) is 36.9 Å². The normalized spacial score (nSPS) is 14.1. The van der Waals surface area contributed by atoms with Crippen LogP contribution in [0.1, 0.15) is 45.4 Å². The lowest BCUT2D eigenvalue weighted by Gasteiger charge is -2.30. The lowest BCUT2D eigenvalue weighted by atomic mass is 9.99. The highest BCUT2D eigenvalue weighted by Crippen LogP contribution is 2.34. The summed E-state index contributed by atoms with van der Waals surface area (Å²) >= 11 is 1.41. The van der Waals surface area contributed by atoms with E-state index >= 15 is 0 Å². The molecule has 8 heteroatoms. The number of aryl methyl sites for hydroxylation is 1. The molecule has 1 aromatic carbocycles. The van der Waals surface area contributed by atoms with Gasteiger partial charge in [-0.15, -0.1) is 36.2 Å². The topological polar surface area (TPSA) is 68.5 Å². The number of ether oxygens (including phenoxy) is 1. The van der Waals surface area contributed by atoms with Crippen LogP contribution in [0.5, 0.6) is 0 Å². The Labute approximate surface area is 164 Å². The van der Waals surface area contributed by atoms with E-state index in [1.54, 1.807) is 7.11 Å². The second kappa shape index (κ2) is 8.85. The fourth-order valence-corrected chi connectivity index (χ4v) is 3.92. The Kier molecular flexibility index (Phi) is 7.68. The minimum atomic E-state index is -0.107. The Bertz CT molecular complexity index is 751. The Morgan fingerprint density at radius 3 is 2.80 bits per heavy atom. The molecular weight excluding hydrogens is 381 g/mol. The number of aromatic nitrogens is 1. The van der Waals surface area contributed by atoms with E-state index in [0.717, 1.165) is 40.5 Å². The number of nitrogen functional groups attached to an aromatic ring is 1. The number of rotatable bonds is 3. The molecular formula is C17H23Cl2N3O2S. The van der Waals surface area contributed by atoms with Crippen molar-refractivity contribution in [3.63, 3.8) is 0 Å². The fourth-order valence-electron chi connectivity index (χ4n) is 2.88. The average molecular weight is 404 g/mol. The van der Waals surface area contributed by atoms with E-state index in [-0.39, 0.29) is 36.8 Å². The van der Waals surface area contributed by atoms with Gasteiger partial charge in [-0.25, -0.2) is 4.98 Å². The van der Waals surface area contributed by atoms with E-state index in [4.69, 9.17) is 10.5 Å². The third-order valence-electron chi connectivity index (χ3n) is 4.24. The van der Waals surface area contributed by atoms with Gasteiger partial charge in [-0.1, -0.05) is 6.07 Å². The fraction of sp³-hybridized carbons (Fsp3) is 0.412. The zero-order valence-electron chi connectivity index (χ0n) is 14.4. The molecule has 1 atom stereocenters. The van der Waals surface area contributed by atoms with Crippen molar-refractivity contribution in [2.75, 3.05) is 24.3 Å². The highest BCUT2D eigenvalue weighted by atomic mass is 35.5. The lowest BCUT2D eigenvalue weighted by Crippen LogP contribution is -2.35. The van der Waals surface area contributed by atoms with Crippen molar-refractivity contribution in [2.24, 2.45) is 0 Å². The van der Waals surface area contributed by atoms with Crippen molar-refractivity contribution < 1.29 is 9.53 Å². The molecule has 0 radical (unpaired) electrons. The third kappa shape index (κ3) is 4.08. The van der Waals surface area contributed by atoms with Crippen molar-refractivity contribution in [2.45, 2.75) is 32.8 Å². The van der Waals surface area contributed by atoms with Crippen LogP contribution < -0.4 is 10.6 Å². The first kappa shape index (κ1) is 21.7. The maximum absolute atomic E-state index is 13.0. The van der Waals surface area contributed by atoms with Gasteiger partial charge in [0.05, 0.1) is 5.69 Å². The number of nitrogens with two attached hydrogens (primary N) is 1. The summed E-state index contributed by atoms with van der Waals surface area (Å²) in [4.78, 5) is 20.0. The van der Waals surface area contributed by atoms with E-state index in [1.165, 1.54) is 11.3 Å². The molecule has 0 saturated carbocycles. The van der Waals surface area contributed by atoms with Crippen LogP contribution in [-0.4, -0.2) is 24.5 Å². The minimum Gasteiger partial charge on any atom is -0.398 e. The summed E-state index contributed by atoms with van der Waals surface area (Å²) in [6.45, 7) is 4.52. The second-order valence-corrected chi connectivity index (χ2v) is 6.78. The molecule has 2 N–H and O–H groups in total. The lowest BCUT2D eigenvalue weighted by molar-refractivity contribution is 0.0988. The molecule has 0 fully saturated rings. The van der Waals surface area contributed by atoms with Gasteiger partial charge in [-0.05, 0) is 44.4 Å². The zero-order chi connectivity index (χ0) is 16.6. The molecule has 0 aliphatic carbocycles. The van der Waals surface area contributed by atoms with Crippen molar-refractivity contribution in [3.8, 4) is 0 Å². The van der Waals surface area contributed by atoms with E-state index in [2.05, 4.69) is 4.98 Å². The van der Waals surface area contributed by atoms with Crippen LogP contribution in [0, 0.1) is 6.92 Å². The summed E-state index contributed by atoms with van der Waals surface area (Å²) in [7, 11) is 1.65. The predicted molar refractivity (Wildman–Crippen MR) is 108 cm³/mol. The van der Waals surface area contributed by atoms with Crippen LogP contribution in [-0.2, 0) is 11.2 Å². The number of fused-ring (bicyclic) bond motifs is 1. The van der Waals surface area contributed by atoms with Gasteiger partial charge in [0.2, 0.25) is 0 Å². The largest absolute Gasteiger partial charge is 0.398 e. The number of carbonyl (C=O) groups excluding carboxylic acids is 1. The van der Waals surface area contributed by atoms with Crippen LogP contribution in [0.25, 0.3) is 0 Å². The Morgan fingerprint density at radius 1 is 1.40 bits per heavy atom. The second-order valence-electron chi connectivity index (χ2n) is 5.75. The average Bonchev–Trinajstić information content (AvgIpc) is 2.95. The Balaban J connectivity index is 0.00000156. The highest BCUT2D eigenvalue weighted by molar-refractivity contribution is 7.14. The molecule has 0 saturated heterocycles. The number of methoxy groups -OCH3 is 1. The summed E-state index contributed by atoms with van der Waals surface area (Å²) in [5.74, 6) is 0.00102. The number of halogens is 2. The number of benzene rings is 1. The highest BCUT2D eigenvalue weighted by Gasteiger charge is 2.28. The number of hydrogen-bond acceptors (Lipinski definition) is 5. The summed E-state index contributed by atoms with van der Waals surface area (Å²) in [5.41, 5.74) is 9.58. The molecule has 1 aliphatic rings. The quantitative estimate of drug-likeness (QED) is 0.780. The molecule has 2 aromatic rings. The molecule has 5 nitrogen and oxygen atoms in total. The summed E-state index contributed by atoms with van der Waals surface area (Å²) in [6, 6.07) is 5.76. The van der Waals surface area contributed by atoms with E-state index in [9.17, 15) is 4.79 Å². The molecule has 2 heterocycles. The maximum Gasteiger partial charge on any atom is 0.270 e. The van der Waals surface area contributed by atoms with E-state index in [0.29, 0.717) is 11.4 Å². The Hall–Kier alpha value is -1.34. The number of hydrogen-bond donors (Lipinski definition) is 1. The van der Waals surface area contributed by atoms with Crippen LogP contribution in [0.15, 0.2) is 18.2 Å². The molecule has 1 amide bonds. The van der Waals surface area contributed by atoms with Crippen molar-refractivity contribution in [3.05, 3.63) is 39.3 Å². The molecule has 1 aliphatic heterocycles. The standard InChI is InChI=1S/C17H21N3O2S.2ClH/c1-10-15(23-16(19-10)11(2)22-3)17(21)20-9-5-6-12-13(18)7-4-8-14(12)20;;/h4,7-8,11H,5-6,9,18H2,1-3H3;2*1H. The number of nitrogens with zero attached hydrogens (tertiary/aromatic N) is 2. The number of thiazole rings is 1. The zero-order valence-corrected chi connectivity index (χ0v) is 16.9. The molecule has 1 unspecified atom stereocenters. The van der Waals surface area contributed by atoms with Gasteiger partial charge in [0.1, 0.15) is 16.0 Å². The van der Waals surface area contributed by atoms with Crippen LogP contribution in [0.3, 0.4) is 0 Å². The van der Waals surface area contributed by atoms with Gasteiger partial charge in [-0.2, -0.15) is 0 Å². The number of amides is 1. The Morgan fingerprint density at radius 2 is 2.12 bits per heavy atom. The molecule has 0 spiro atoms. The summed E-state index contributed by atoms with van der Waals surface area (Å²) < 4.78 is 5.31. The number of anilines is 2. The minimum absolute atomic E-state index is 0. The molecule has 1 aromatic heterocycles. The SMILES string of the molecule is COC(C)c1nc(C)c(C(=O)N2CCCc3c(N)cccc32)s1.Cl.Cl. The molecule has 0 bridgehead atoms.